The molecule has 0 amide bonds. The van der Waals surface area contributed by atoms with Crippen molar-refractivity contribution in [1.82, 2.24) is 0 Å². The van der Waals surface area contributed by atoms with Crippen LogP contribution in [0, 0.1) is 5.92 Å². The molecule has 1 atom stereocenters. The second-order valence-corrected chi connectivity index (χ2v) is 4.73. The van der Waals surface area contributed by atoms with Crippen molar-refractivity contribution < 1.29 is 27.8 Å². The van der Waals surface area contributed by atoms with Gasteiger partial charge in [0.05, 0.1) is 7.11 Å². The molecule has 0 saturated heterocycles. The summed E-state index contributed by atoms with van der Waals surface area (Å²) < 4.78 is 44.2. The third-order valence-electron chi connectivity index (χ3n) is 2.78. The van der Waals surface area contributed by atoms with E-state index in [2.05, 4.69) is 4.99 Å². The minimum Gasteiger partial charge on any atom is -0.497 e. The first-order valence-corrected chi connectivity index (χ1v) is 6.19. The maximum absolute atomic E-state index is 13.1. The van der Waals surface area contributed by atoms with Crippen LogP contribution in [0.2, 0.25) is 0 Å². The van der Waals surface area contributed by atoms with Gasteiger partial charge in [0, 0.05) is 5.56 Å². The highest BCUT2D eigenvalue weighted by molar-refractivity contribution is 6.05. The number of aliphatic carboxylic acids is 1. The summed E-state index contributed by atoms with van der Waals surface area (Å²) in [6, 6.07) is 3.67. The Kier molecular flexibility index (Phi) is 5.34. The highest BCUT2D eigenvalue weighted by Gasteiger charge is 2.38. The van der Waals surface area contributed by atoms with Gasteiger partial charge in [-0.25, -0.2) is 4.79 Å². The Morgan fingerprint density at radius 1 is 1.24 bits per heavy atom. The van der Waals surface area contributed by atoms with E-state index in [0.717, 1.165) is 0 Å². The van der Waals surface area contributed by atoms with Gasteiger partial charge in [0.15, 0.2) is 0 Å². The molecule has 1 rings (SSSR count). The third-order valence-corrected chi connectivity index (χ3v) is 2.78. The number of carboxylic acids is 1. The number of benzene rings is 1. The number of carboxylic acid groups (broad SMARTS) is 1. The molecule has 1 aromatic carbocycles. The van der Waals surface area contributed by atoms with Crippen LogP contribution in [0.4, 0.5) is 13.2 Å². The molecule has 0 radical (unpaired) electrons. The number of hydrogen-bond acceptors (Lipinski definition) is 3. The molecule has 0 fully saturated rings. The highest BCUT2D eigenvalue weighted by Crippen LogP contribution is 2.25. The molecule has 0 unspecified atom stereocenters. The first-order chi connectivity index (χ1) is 9.66. The molecule has 7 heteroatoms. The summed E-state index contributed by atoms with van der Waals surface area (Å²) in [7, 11) is 1.40. The molecule has 0 heterocycles. The van der Waals surface area contributed by atoms with Gasteiger partial charge in [0.1, 0.15) is 17.5 Å². The minimum absolute atomic E-state index is 0.199. The third kappa shape index (κ3) is 4.47. The summed E-state index contributed by atoms with van der Waals surface area (Å²) in [4.78, 5) is 14.5. The lowest BCUT2D eigenvalue weighted by Gasteiger charge is -2.17. The fraction of sp³-hybridized carbons (Fsp3) is 0.429. The van der Waals surface area contributed by atoms with E-state index >= 15 is 0 Å². The van der Waals surface area contributed by atoms with Gasteiger partial charge in [-0.15, -0.1) is 0 Å². The van der Waals surface area contributed by atoms with Crippen molar-refractivity contribution in [3.8, 4) is 5.75 Å². The molecule has 0 aromatic heterocycles. The molecule has 0 bridgehead atoms. The molecule has 21 heavy (non-hydrogen) atoms. The van der Waals surface area contributed by atoms with E-state index in [1.54, 1.807) is 0 Å². The van der Waals surface area contributed by atoms with Gasteiger partial charge in [0.2, 0.25) is 0 Å². The van der Waals surface area contributed by atoms with Gasteiger partial charge in [-0.2, -0.15) is 13.2 Å². The fourth-order valence-corrected chi connectivity index (χ4v) is 1.69. The van der Waals surface area contributed by atoms with Crippen LogP contribution in [0.5, 0.6) is 5.75 Å². The molecule has 1 N–H and O–H groups in total. The van der Waals surface area contributed by atoms with Crippen LogP contribution in [0.3, 0.4) is 0 Å². The summed E-state index contributed by atoms with van der Waals surface area (Å²) in [5, 5.41) is 8.99. The largest absolute Gasteiger partial charge is 0.497 e. The quantitative estimate of drug-likeness (QED) is 0.850. The van der Waals surface area contributed by atoms with Crippen LogP contribution in [0.25, 0.3) is 0 Å². The number of aliphatic imine (C=N–C) groups is 1. The van der Waals surface area contributed by atoms with Gasteiger partial charge < -0.3 is 9.84 Å². The zero-order chi connectivity index (χ0) is 16.2. The number of ether oxygens (including phenoxy) is 1. The van der Waals surface area contributed by atoms with E-state index in [9.17, 15) is 18.0 Å². The van der Waals surface area contributed by atoms with Gasteiger partial charge in [-0.05, 0) is 30.2 Å². The minimum atomic E-state index is -4.74. The number of nitrogens with zero attached hydrogens (tertiary/aromatic N) is 1. The Balaban J connectivity index is 3.31. The standard InChI is InChI=1S/C14H16F3NO3/c1-8(2)11(13(19)20)18-12(14(15,16)17)9-4-6-10(21-3)7-5-9/h4-8,11H,1-3H3,(H,19,20)/t11-/m0/s1. The van der Waals surface area contributed by atoms with Crippen molar-refractivity contribution in [2.75, 3.05) is 7.11 Å². The van der Waals surface area contributed by atoms with Crippen LogP contribution in [-0.4, -0.2) is 36.1 Å². The molecule has 0 aliphatic carbocycles. The predicted molar refractivity (Wildman–Crippen MR) is 71.8 cm³/mol. The molecule has 116 valence electrons. The van der Waals surface area contributed by atoms with E-state index in [-0.39, 0.29) is 5.56 Å². The topological polar surface area (TPSA) is 58.9 Å². The average molecular weight is 303 g/mol. The average Bonchev–Trinajstić information content (AvgIpc) is 2.37. The number of hydrogen-bond donors (Lipinski definition) is 1. The predicted octanol–water partition coefficient (Wildman–Crippen LogP) is 3.16. The zero-order valence-electron chi connectivity index (χ0n) is 11.8. The lowest BCUT2D eigenvalue weighted by atomic mass is 10.0. The van der Waals surface area contributed by atoms with Crippen molar-refractivity contribution in [2.24, 2.45) is 10.9 Å². The number of alkyl halides is 3. The van der Waals surface area contributed by atoms with Crippen LogP contribution in [0.15, 0.2) is 29.3 Å². The molecule has 1 aromatic rings. The van der Waals surface area contributed by atoms with Gasteiger partial charge in [-0.3, -0.25) is 4.99 Å². The van der Waals surface area contributed by atoms with E-state index in [1.807, 2.05) is 0 Å². The molecule has 0 aliphatic rings. The number of halogens is 3. The van der Waals surface area contributed by atoms with Crippen LogP contribution in [0.1, 0.15) is 19.4 Å². The lowest BCUT2D eigenvalue weighted by molar-refractivity contribution is -0.139. The molecule has 0 aliphatic heterocycles. The zero-order valence-corrected chi connectivity index (χ0v) is 11.8. The van der Waals surface area contributed by atoms with Gasteiger partial charge >= 0.3 is 12.1 Å². The summed E-state index contributed by atoms with van der Waals surface area (Å²) >= 11 is 0. The van der Waals surface area contributed by atoms with E-state index < -0.39 is 29.8 Å². The highest BCUT2D eigenvalue weighted by atomic mass is 19.4. The van der Waals surface area contributed by atoms with Crippen LogP contribution in [-0.2, 0) is 4.79 Å². The fourth-order valence-electron chi connectivity index (χ4n) is 1.69. The smallest absolute Gasteiger partial charge is 0.433 e. The Hall–Kier alpha value is -2.05. The Bertz CT molecular complexity index is 521. The second kappa shape index (κ2) is 6.60. The molecule has 0 spiro atoms. The Labute approximate surface area is 120 Å². The number of rotatable bonds is 5. The monoisotopic (exact) mass is 303 g/mol. The lowest BCUT2D eigenvalue weighted by Crippen LogP contribution is -2.31. The van der Waals surface area contributed by atoms with Crippen molar-refractivity contribution >= 4 is 11.7 Å². The summed E-state index contributed by atoms with van der Waals surface area (Å²) in [5.41, 5.74) is -1.40. The SMILES string of the molecule is COc1ccc(C(=N[C@H](C(=O)O)C(C)C)C(F)(F)F)cc1. The van der Waals surface area contributed by atoms with E-state index in [4.69, 9.17) is 9.84 Å². The van der Waals surface area contributed by atoms with Crippen molar-refractivity contribution in [3.63, 3.8) is 0 Å². The van der Waals surface area contributed by atoms with Gasteiger partial charge in [0.25, 0.3) is 0 Å². The molecular formula is C14H16F3NO3. The van der Waals surface area contributed by atoms with Gasteiger partial charge in [-0.1, -0.05) is 13.8 Å². The molecular weight excluding hydrogens is 287 g/mol. The van der Waals surface area contributed by atoms with E-state index in [0.29, 0.717) is 5.75 Å². The van der Waals surface area contributed by atoms with Crippen molar-refractivity contribution in [3.05, 3.63) is 29.8 Å². The second-order valence-electron chi connectivity index (χ2n) is 4.73. The number of methoxy groups -OCH3 is 1. The van der Waals surface area contributed by atoms with Crippen LogP contribution < -0.4 is 4.74 Å². The first kappa shape index (κ1) is 17.0. The van der Waals surface area contributed by atoms with Crippen molar-refractivity contribution in [2.45, 2.75) is 26.1 Å². The summed E-state index contributed by atoms with van der Waals surface area (Å²) in [6.07, 6.45) is -4.74. The van der Waals surface area contributed by atoms with Crippen LogP contribution >= 0.6 is 0 Å². The summed E-state index contributed by atoms with van der Waals surface area (Å²) in [6.45, 7) is 3.01. The summed E-state index contributed by atoms with van der Waals surface area (Å²) in [5.74, 6) is -1.54. The number of carbonyl (C=O) groups is 1. The van der Waals surface area contributed by atoms with Crippen molar-refractivity contribution in [1.29, 1.82) is 0 Å². The Morgan fingerprint density at radius 2 is 1.76 bits per heavy atom. The Morgan fingerprint density at radius 3 is 2.10 bits per heavy atom. The normalized spacial score (nSPS) is 14.1. The molecule has 4 nitrogen and oxygen atoms in total. The molecule has 0 saturated carbocycles. The maximum Gasteiger partial charge on any atom is 0.433 e. The maximum atomic E-state index is 13.1. The van der Waals surface area contributed by atoms with E-state index in [1.165, 1.54) is 45.2 Å². The first-order valence-electron chi connectivity index (χ1n) is 6.19.